The predicted octanol–water partition coefficient (Wildman–Crippen LogP) is 0.123. The highest BCUT2D eigenvalue weighted by atomic mass is 32.1. The van der Waals surface area contributed by atoms with E-state index in [2.05, 4.69) is 17.6 Å². The number of ether oxygens (including phenoxy) is 1. The number of nitrogens with two attached hydrogens (primary N) is 2. The number of methoxy groups -OCH3 is 1. The first kappa shape index (κ1) is 10.6. The third kappa shape index (κ3) is 2.75. The summed E-state index contributed by atoms with van der Waals surface area (Å²) in [4.78, 5) is 0. The highest BCUT2D eigenvalue weighted by Crippen LogP contribution is 2.15. The molecule has 0 aromatic heterocycles. The summed E-state index contributed by atoms with van der Waals surface area (Å²) < 4.78 is 5.00. The largest absolute Gasteiger partial charge is 0.497 e. The van der Waals surface area contributed by atoms with Crippen LogP contribution in [0.4, 0.5) is 5.69 Å². The van der Waals surface area contributed by atoms with Crippen molar-refractivity contribution in [3.05, 3.63) is 24.3 Å². The van der Waals surface area contributed by atoms with Crippen LogP contribution in [0.25, 0.3) is 0 Å². The maximum atomic E-state index is 5.60. The van der Waals surface area contributed by atoms with Gasteiger partial charge in [-0.3, -0.25) is 5.43 Å². The van der Waals surface area contributed by atoms with Gasteiger partial charge in [-0.1, -0.05) is 0 Å². The van der Waals surface area contributed by atoms with Crippen molar-refractivity contribution in [3.8, 4) is 5.75 Å². The van der Waals surface area contributed by atoms with E-state index in [1.165, 1.54) is 5.12 Å². The summed E-state index contributed by atoms with van der Waals surface area (Å²) in [6.07, 6.45) is 0. The maximum Gasteiger partial charge on any atom is 0.183 e. The Morgan fingerprint density at radius 1 is 1.43 bits per heavy atom. The monoisotopic (exact) mass is 212 g/mol. The molecule has 1 aromatic carbocycles. The van der Waals surface area contributed by atoms with Crippen LogP contribution in [0.3, 0.4) is 0 Å². The molecule has 0 aliphatic carbocycles. The molecule has 14 heavy (non-hydrogen) atoms. The molecule has 0 atom stereocenters. The zero-order chi connectivity index (χ0) is 10.6. The molecule has 1 rings (SSSR count). The van der Waals surface area contributed by atoms with Crippen molar-refractivity contribution in [2.45, 2.75) is 0 Å². The molecule has 5 N–H and O–H groups in total. The molecular weight excluding hydrogens is 200 g/mol. The zero-order valence-corrected chi connectivity index (χ0v) is 8.54. The second-order valence-electron chi connectivity index (χ2n) is 2.54. The second-order valence-corrected chi connectivity index (χ2v) is 2.98. The molecule has 76 valence electrons. The smallest absolute Gasteiger partial charge is 0.183 e. The number of thiocarbonyl (C=S) groups is 1. The van der Waals surface area contributed by atoms with Gasteiger partial charge in [-0.05, 0) is 36.5 Å². The molecular formula is C8H12N4OS. The first-order valence-electron chi connectivity index (χ1n) is 3.88. The number of nitrogens with one attached hydrogen (secondary N) is 1. The highest BCUT2D eigenvalue weighted by molar-refractivity contribution is 7.80. The zero-order valence-electron chi connectivity index (χ0n) is 7.73. The van der Waals surface area contributed by atoms with Crippen LogP contribution in [0.1, 0.15) is 0 Å². The van der Waals surface area contributed by atoms with Gasteiger partial charge in [-0.2, -0.15) is 0 Å². The fraction of sp³-hybridized carbons (Fsp3) is 0.125. The summed E-state index contributed by atoms with van der Waals surface area (Å²) in [6, 6.07) is 7.14. The third-order valence-electron chi connectivity index (χ3n) is 1.58. The van der Waals surface area contributed by atoms with Crippen molar-refractivity contribution < 1.29 is 4.74 Å². The van der Waals surface area contributed by atoms with E-state index in [9.17, 15) is 0 Å². The van der Waals surface area contributed by atoms with Crippen LogP contribution in [0.15, 0.2) is 24.3 Å². The second kappa shape index (κ2) is 4.64. The summed E-state index contributed by atoms with van der Waals surface area (Å²) >= 11 is 4.64. The van der Waals surface area contributed by atoms with Crippen molar-refractivity contribution in [3.63, 3.8) is 0 Å². The Bertz CT molecular complexity index is 314. The maximum absolute atomic E-state index is 5.60. The number of benzene rings is 1. The summed E-state index contributed by atoms with van der Waals surface area (Å²) in [5.41, 5.74) is 8.57. The van der Waals surface area contributed by atoms with E-state index in [1.807, 2.05) is 0 Å². The molecule has 0 aliphatic rings. The van der Waals surface area contributed by atoms with Crippen LogP contribution in [0.5, 0.6) is 5.75 Å². The van der Waals surface area contributed by atoms with Gasteiger partial charge >= 0.3 is 0 Å². The van der Waals surface area contributed by atoms with E-state index in [0.29, 0.717) is 0 Å². The average molecular weight is 212 g/mol. The molecule has 5 nitrogen and oxygen atoms in total. The highest BCUT2D eigenvalue weighted by Gasteiger charge is 2.00. The molecule has 0 amide bonds. The molecule has 0 fully saturated rings. The standard InChI is InChI=1S/C8H12N4OS/c1-13-7-4-2-6(3-5-7)12(10)11-8(9)14/h2-5H,10H2,1H3,(H3,9,11,14). The van der Waals surface area contributed by atoms with Crippen LogP contribution in [0.2, 0.25) is 0 Å². The lowest BCUT2D eigenvalue weighted by Gasteiger charge is -2.19. The average Bonchev–Trinajstić information content (AvgIpc) is 2.17. The van der Waals surface area contributed by atoms with Gasteiger partial charge in [-0.25, -0.2) is 11.0 Å². The normalized spacial score (nSPS) is 9.29. The number of nitrogens with zero attached hydrogens (tertiary/aromatic N) is 1. The lowest BCUT2D eigenvalue weighted by Crippen LogP contribution is -2.49. The van der Waals surface area contributed by atoms with Gasteiger partial charge in [-0.15, -0.1) is 0 Å². The van der Waals surface area contributed by atoms with E-state index in [1.54, 1.807) is 31.4 Å². The van der Waals surface area contributed by atoms with E-state index in [-0.39, 0.29) is 5.11 Å². The first-order chi connectivity index (χ1) is 6.63. The Labute approximate surface area is 87.6 Å². The molecule has 0 spiro atoms. The summed E-state index contributed by atoms with van der Waals surface area (Å²) in [5.74, 6) is 6.36. The quantitative estimate of drug-likeness (QED) is 0.375. The molecule has 0 radical (unpaired) electrons. The van der Waals surface area contributed by atoms with E-state index in [0.717, 1.165) is 11.4 Å². The first-order valence-corrected chi connectivity index (χ1v) is 4.29. The van der Waals surface area contributed by atoms with Crippen molar-refractivity contribution in [1.82, 2.24) is 5.43 Å². The molecule has 0 bridgehead atoms. The molecule has 0 saturated carbocycles. The topological polar surface area (TPSA) is 76.5 Å². The van der Waals surface area contributed by atoms with Crippen molar-refractivity contribution in [1.29, 1.82) is 0 Å². The molecule has 0 aliphatic heterocycles. The van der Waals surface area contributed by atoms with Crippen LogP contribution in [0, 0.1) is 0 Å². The number of anilines is 1. The van der Waals surface area contributed by atoms with Crippen molar-refractivity contribution in [2.24, 2.45) is 11.6 Å². The van der Waals surface area contributed by atoms with Gasteiger partial charge in [0.15, 0.2) is 5.11 Å². The van der Waals surface area contributed by atoms with Crippen LogP contribution < -0.4 is 26.9 Å². The molecule has 1 aromatic rings. The fourth-order valence-corrected chi connectivity index (χ4v) is 1.02. The molecule has 6 heteroatoms. The van der Waals surface area contributed by atoms with Gasteiger partial charge in [0.2, 0.25) is 0 Å². The Morgan fingerprint density at radius 2 is 2.00 bits per heavy atom. The molecule has 0 saturated heterocycles. The third-order valence-corrected chi connectivity index (χ3v) is 1.67. The number of hydrogen-bond acceptors (Lipinski definition) is 4. The van der Waals surface area contributed by atoms with Crippen molar-refractivity contribution >= 4 is 23.0 Å². The van der Waals surface area contributed by atoms with Gasteiger partial charge < -0.3 is 10.5 Å². The Hall–Kier alpha value is -1.53. The minimum atomic E-state index is 0.114. The minimum Gasteiger partial charge on any atom is -0.497 e. The number of hydrogen-bond donors (Lipinski definition) is 3. The summed E-state index contributed by atoms with van der Waals surface area (Å²) in [6.45, 7) is 0. The Balaban J connectivity index is 2.71. The van der Waals surface area contributed by atoms with Crippen LogP contribution in [-0.2, 0) is 0 Å². The number of rotatable bonds is 3. The molecule has 0 heterocycles. The molecule has 0 unspecified atom stereocenters. The Kier molecular flexibility index (Phi) is 3.49. The van der Waals surface area contributed by atoms with E-state index in [4.69, 9.17) is 16.3 Å². The van der Waals surface area contributed by atoms with Crippen LogP contribution in [-0.4, -0.2) is 12.2 Å². The minimum absolute atomic E-state index is 0.114. The van der Waals surface area contributed by atoms with Gasteiger partial charge in [0.05, 0.1) is 12.8 Å². The van der Waals surface area contributed by atoms with Crippen LogP contribution >= 0.6 is 12.2 Å². The lowest BCUT2D eigenvalue weighted by atomic mass is 10.3. The van der Waals surface area contributed by atoms with Gasteiger partial charge in [0.25, 0.3) is 0 Å². The predicted molar refractivity (Wildman–Crippen MR) is 59.6 cm³/mol. The van der Waals surface area contributed by atoms with Crippen molar-refractivity contribution in [2.75, 3.05) is 12.2 Å². The van der Waals surface area contributed by atoms with Gasteiger partial charge in [0, 0.05) is 0 Å². The SMILES string of the molecule is COc1ccc(N(N)NC(N)=S)cc1. The van der Waals surface area contributed by atoms with E-state index < -0.39 is 0 Å². The Morgan fingerprint density at radius 3 is 2.43 bits per heavy atom. The number of hydrazine groups is 2. The van der Waals surface area contributed by atoms with Gasteiger partial charge in [0.1, 0.15) is 5.75 Å². The summed E-state index contributed by atoms with van der Waals surface area (Å²) in [7, 11) is 1.60. The van der Waals surface area contributed by atoms with E-state index >= 15 is 0 Å². The lowest BCUT2D eigenvalue weighted by molar-refractivity contribution is 0.415. The summed E-state index contributed by atoms with van der Waals surface area (Å²) in [5, 5.41) is 1.35. The fourth-order valence-electron chi connectivity index (χ4n) is 0.926.